The van der Waals surface area contributed by atoms with Crippen LogP contribution < -0.4 is 21.7 Å². The van der Waals surface area contributed by atoms with Crippen LogP contribution in [0.5, 0.6) is 0 Å². The number of aliphatic hydroxyl groups is 2. The number of phosphoric acid groups is 1. The smallest absolute Gasteiger partial charge is 0.387 e. The monoisotopic (exact) mass is 980 g/mol. The molecule has 5 heterocycles. The van der Waals surface area contributed by atoms with E-state index in [2.05, 4.69) is 30.9 Å². The van der Waals surface area contributed by atoms with Gasteiger partial charge in [0.2, 0.25) is 5.91 Å². The largest absolute Gasteiger partial charge is 0.472 e. The van der Waals surface area contributed by atoms with Crippen LogP contribution in [0, 0.1) is 0 Å². The Balaban J connectivity index is 0.691. The summed E-state index contributed by atoms with van der Waals surface area (Å²) in [6.45, 7) is 5.57. The lowest BCUT2D eigenvalue weighted by atomic mass is 10.0. The van der Waals surface area contributed by atoms with Crippen molar-refractivity contribution in [1.82, 2.24) is 35.5 Å². The second kappa shape index (κ2) is 30.6. The normalized spacial score (nSPS) is 23.6. The lowest BCUT2D eigenvalue weighted by Gasteiger charge is -2.17. The van der Waals surface area contributed by atoms with Gasteiger partial charge in [0.05, 0.1) is 118 Å². The maximum atomic E-state index is 12.3. The number of hydrogen-bond acceptors (Lipinski definition) is 20. The van der Waals surface area contributed by atoms with Crippen molar-refractivity contribution in [3.05, 3.63) is 12.7 Å². The van der Waals surface area contributed by atoms with Crippen LogP contribution in [0.2, 0.25) is 0 Å². The number of carbonyl (C=O) groups is 2. The van der Waals surface area contributed by atoms with Crippen molar-refractivity contribution in [2.75, 3.05) is 124 Å². The quantitative estimate of drug-likeness (QED) is 0.0276. The number of nitrogen functional groups attached to an aromatic ring is 1. The molecule has 26 heteroatoms. The molecule has 5 rings (SSSR count). The van der Waals surface area contributed by atoms with E-state index in [1.54, 1.807) is 0 Å². The van der Waals surface area contributed by atoms with Gasteiger partial charge in [-0.05, 0) is 25.7 Å². The number of nitrogens with zero attached hydrogens (tertiary/aromatic N) is 4. The van der Waals surface area contributed by atoms with Crippen LogP contribution >= 0.6 is 19.6 Å². The molecule has 0 saturated carbocycles. The van der Waals surface area contributed by atoms with E-state index < -0.39 is 39.0 Å². The zero-order valence-electron chi connectivity index (χ0n) is 37.5. The molecule has 0 spiro atoms. The van der Waals surface area contributed by atoms with Crippen LogP contribution in [-0.4, -0.2) is 200 Å². The summed E-state index contributed by atoms with van der Waals surface area (Å²) >= 11 is 1.91. The SMILES string of the molecule is Nc1ncnc2c1ncn2[C@@H]1O[C@H](COP(=O)(O)OCCOCCOCCOCCOCCOCCOCCOCCCCCCNC(=O)CCCC[C@@H]2SC[C@@H]3NC(=O)N[C@@H]32)[C@@H](O)[C@H]1O. The van der Waals surface area contributed by atoms with Crippen molar-refractivity contribution in [3.8, 4) is 0 Å². The highest BCUT2D eigenvalue weighted by Gasteiger charge is 2.46. The molecule has 3 amide bonds. The molecule has 376 valence electrons. The predicted molar refractivity (Wildman–Crippen MR) is 239 cm³/mol. The lowest BCUT2D eigenvalue weighted by molar-refractivity contribution is -0.121. The van der Waals surface area contributed by atoms with Gasteiger partial charge in [0.15, 0.2) is 17.7 Å². The summed E-state index contributed by atoms with van der Waals surface area (Å²) in [7, 11) is -4.52. The first-order chi connectivity index (χ1) is 32.1. The average molecular weight is 981 g/mol. The molecule has 24 nitrogen and oxygen atoms in total. The highest BCUT2D eigenvalue weighted by Crippen LogP contribution is 2.44. The molecule has 0 aromatic carbocycles. The number of nitrogens with two attached hydrogens (primary N) is 1. The highest BCUT2D eigenvalue weighted by molar-refractivity contribution is 8.00. The fraction of sp³-hybridized carbons (Fsp3) is 0.825. The summed E-state index contributed by atoms with van der Waals surface area (Å²) in [6, 6.07) is 0.417. The summed E-state index contributed by atoms with van der Waals surface area (Å²) in [5, 5.41) is 30.4. The van der Waals surface area contributed by atoms with E-state index in [0.717, 1.165) is 50.7 Å². The molecule has 3 saturated heterocycles. The first kappa shape index (κ1) is 54.1. The number of unbranched alkanes of at least 4 members (excludes halogenated alkanes) is 4. The second-order valence-electron chi connectivity index (χ2n) is 15.6. The Bertz CT molecular complexity index is 1740. The minimum Gasteiger partial charge on any atom is -0.387 e. The van der Waals surface area contributed by atoms with Gasteiger partial charge in [0.1, 0.15) is 30.2 Å². The van der Waals surface area contributed by atoms with Gasteiger partial charge in [-0.25, -0.2) is 24.3 Å². The number of amides is 3. The van der Waals surface area contributed by atoms with Crippen LogP contribution in [0.3, 0.4) is 0 Å². The Kier molecular flexibility index (Phi) is 25.1. The van der Waals surface area contributed by atoms with Crippen molar-refractivity contribution in [1.29, 1.82) is 0 Å². The molecular formula is C40H69N8O16PS. The van der Waals surface area contributed by atoms with Crippen molar-refractivity contribution in [3.63, 3.8) is 0 Å². The fourth-order valence-electron chi connectivity index (χ4n) is 7.26. The van der Waals surface area contributed by atoms with Gasteiger partial charge in [-0.2, -0.15) is 11.8 Å². The zero-order valence-corrected chi connectivity index (χ0v) is 39.2. The fourth-order valence-corrected chi connectivity index (χ4v) is 9.52. The van der Waals surface area contributed by atoms with E-state index in [-0.39, 0.29) is 61.9 Å². The molecule has 8 atom stereocenters. The number of aliphatic hydroxyl groups excluding tert-OH is 2. The Labute approximate surface area is 388 Å². The minimum absolute atomic E-state index is 0.000974. The number of nitrogens with one attached hydrogen (secondary N) is 3. The van der Waals surface area contributed by atoms with Gasteiger partial charge in [0, 0.05) is 30.6 Å². The molecule has 3 aliphatic rings. The van der Waals surface area contributed by atoms with Gasteiger partial charge in [0.25, 0.3) is 0 Å². The third-order valence-electron chi connectivity index (χ3n) is 10.7. The third kappa shape index (κ3) is 19.3. The number of anilines is 1. The molecule has 3 fully saturated rings. The average Bonchev–Trinajstić information content (AvgIpc) is 4.07. The standard InChI is InChI=1S/C40H69N8O16PS/c41-37-34-38(44-27-43-37)48(28-45-34)39-36(51)35(50)30(64-39)25-63-65(53,54)62-24-23-61-22-21-60-20-19-59-18-17-58-16-15-57-14-13-56-12-11-55-10-6-2-1-5-9-42-32(49)8-4-3-7-31-33-29(26-66-31)46-40(52)47-33/h27-31,33,35-36,39,50-51H,1-26H2,(H,42,49)(H,53,54)(H2,41,43,44)(H2,46,47,52)/t29-,30+,31-,33-,35+,36+,39+/m0/s1. The molecule has 8 N–H and O–H groups in total. The van der Waals surface area contributed by atoms with E-state index in [0.29, 0.717) is 96.4 Å². The van der Waals surface area contributed by atoms with Crippen molar-refractivity contribution in [2.24, 2.45) is 0 Å². The number of urea groups is 1. The maximum absolute atomic E-state index is 12.3. The van der Waals surface area contributed by atoms with E-state index in [1.807, 2.05) is 11.8 Å². The molecular weight excluding hydrogens is 912 g/mol. The Morgan fingerprint density at radius 2 is 1.39 bits per heavy atom. The van der Waals surface area contributed by atoms with E-state index >= 15 is 0 Å². The van der Waals surface area contributed by atoms with Crippen LogP contribution in [0.15, 0.2) is 12.7 Å². The molecule has 0 radical (unpaired) electrons. The zero-order chi connectivity index (χ0) is 46.8. The number of ether oxygens (including phenoxy) is 8. The number of rotatable bonds is 38. The van der Waals surface area contributed by atoms with Crippen LogP contribution in [0.25, 0.3) is 11.2 Å². The van der Waals surface area contributed by atoms with Crippen LogP contribution in [0.1, 0.15) is 57.6 Å². The number of aromatic nitrogens is 4. The molecule has 66 heavy (non-hydrogen) atoms. The Hall–Kier alpha value is -2.85. The van der Waals surface area contributed by atoms with Gasteiger partial charge in [-0.1, -0.05) is 19.3 Å². The van der Waals surface area contributed by atoms with Gasteiger partial charge in [-0.3, -0.25) is 18.4 Å². The van der Waals surface area contributed by atoms with Crippen molar-refractivity contribution < 1.29 is 76.2 Å². The molecule has 0 bridgehead atoms. The number of hydrogen-bond donors (Lipinski definition) is 7. The van der Waals surface area contributed by atoms with E-state index in [1.165, 1.54) is 17.2 Å². The second-order valence-corrected chi connectivity index (χ2v) is 18.4. The van der Waals surface area contributed by atoms with Gasteiger partial charge >= 0.3 is 13.9 Å². The van der Waals surface area contributed by atoms with E-state index in [4.69, 9.17) is 52.7 Å². The Morgan fingerprint density at radius 1 is 0.788 bits per heavy atom. The summed E-state index contributed by atoms with van der Waals surface area (Å²) in [4.78, 5) is 45.7. The first-order valence-electron chi connectivity index (χ1n) is 22.7. The van der Waals surface area contributed by atoms with Crippen LogP contribution in [-0.2, 0) is 56.3 Å². The summed E-state index contributed by atoms with van der Waals surface area (Å²) < 4.78 is 67.7. The number of phosphoric ester groups is 1. The van der Waals surface area contributed by atoms with Gasteiger partial charge in [-0.15, -0.1) is 0 Å². The molecule has 1 unspecified atom stereocenters. The predicted octanol–water partition coefficient (Wildman–Crippen LogP) is 0.680. The highest BCUT2D eigenvalue weighted by atomic mass is 32.2. The maximum Gasteiger partial charge on any atom is 0.472 e. The van der Waals surface area contributed by atoms with Crippen molar-refractivity contribution >= 4 is 48.5 Å². The van der Waals surface area contributed by atoms with E-state index in [9.17, 15) is 29.3 Å². The molecule has 2 aromatic rings. The number of imidazole rings is 1. The summed E-state index contributed by atoms with van der Waals surface area (Å²) in [6.07, 6.45) is 4.94. The summed E-state index contributed by atoms with van der Waals surface area (Å²) in [5.41, 5.74) is 6.37. The van der Waals surface area contributed by atoms with Crippen LogP contribution in [0.4, 0.5) is 10.6 Å². The molecule has 0 aliphatic carbocycles. The minimum atomic E-state index is -4.52. The van der Waals surface area contributed by atoms with Gasteiger partial charge < -0.3 is 74.7 Å². The lowest BCUT2D eigenvalue weighted by Crippen LogP contribution is -2.36. The topological polar surface area (TPSA) is 310 Å². The Morgan fingerprint density at radius 3 is 2.05 bits per heavy atom. The summed E-state index contributed by atoms with van der Waals surface area (Å²) in [5.74, 6) is 1.21. The third-order valence-corrected chi connectivity index (χ3v) is 13.2. The molecule has 2 aromatic heterocycles. The first-order valence-corrected chi connectivity index (χ1v) is 25.2. The number of carbonyl (C=O) groups excluding carboxylic acids is 2. The number of fused-ring (bicyclic) bond motifs is 2. The number of thioether (sulfide) groups is 1. The molecule has 3 aliphatic heterocycles. The van der Waals surface area contributed by atoms with Crippen molar-refractivity contribution in [2.45, 2.75) is 93.2 Å².